The van der Waals surface area contributed by atoms with Gasteiger partial charge in [-0.05, 0) is 104 Å². The number of rotatable bonds is 10. The quantitative estimate of drug-likeness (QED) is 0.312. The second-order valence-corrected chi connectivity index (χ2v) is 17.5. The summed E-state index contributed by atoms with van der Waals surface area (Å²) in [6.07, 6.45) is 6.89. The van der Waals surface area contributed by atoms with Crippen molar-refractivity contribution in [3.05, 3.63) is 35.5 Å². The Hall–Kier alpha value is -2.67. The molecule has 1 amide bonds. The van der Waals surface area contributed by atoms with Crippen LogP contribution in [0.4, 0.5) is 22.2 Å². The monoisotopic (exact) mass is 689 g/mol. The maximum absolute atomic E-state index is 12.9. The lowest BCUT2D eigenvalue weighted by Crippen LogP contribution is -2.45. The first-order valence-corrected chi connectivity index (χ1v) is 19.0. The van der Waals surface area contributed by atoms with Crippen LogP contribution in [-0.4, -0.2) is 108 Å². The van der Waals surface area contributed by atoms with Gasteiger partial charge in [0.25, 0.3) is 0 Å². The lowest BCUT2D eigenvalue weighted by Gasteiger charge is -2.38. The van der Waals surface area contributed by atoms with Gasteiger partial charge in [0.05, 0.1) is 22.0 Å². The van der Waals surface area contributed by atoms with E-state index in [9.17, 15) is 13.2 Å². The number of hydrogen-bond acceptors (Lipinski definition) is 10. The second-order valence-electron chi connectivity index (χ2n) is 14.6. The predicted molar refractivity (Wildman–Crippen MR) is 187 cm³/mol. The van der Waals surface area contributed by atoms with Crippen molar-refractivity contribution in [1.82, 2.24) is 24.7 Å². The highest BCUT2D eigenvalue weighted by molar-refractivity contribution is 7.92. The van der Waals surface area contributed by atoms with Crippen molar-refractivity contribution in [2.45, 2.75) is 88.5 Å². The number of aromatic nitrogens is 2. The van der Waals surface area contributed by atoms with Crippen LogP contribution in [0.5, 0.6) is 0 Å². The first kappa shape index (κ1) is 35.6. The van der Waals surface area contributed by atoms with Crippen LogP contribution < -0.4 is 10.6 Å². The molecule has 0 radical (unpaired) electrons. The number of hydrogen-bond donors (Lipinski definition) is 2. The third kappa shape index (κ3) is 9.70. The Bertz CT molecular complexity index is 1470. The molecule has 2 aromatic rings. The van der Waals surface area contributed by atoms with Crippen LogP contribution in [0.25, 0.3) is 0 Å². The van der Waals surface area contributed by atoms with Crippen LogP contribution in [-0.2, 0) is 14.6 Å². The minimum atomic E-state index is -3.50. The number of carbonyl (C=O) groups excluding carboxylic acids is 1. The van der Waals surface area contributed by atoms with Crippen LogP contribution in [0.1, 0.15) is 66.7 Å². The Morgan fingerprint density at radius 3 is 2.26 bits per heavy atom. The van der Waals surface area contributed by atoms with E-state index in [4.69, 9.17) is 16.3 Å². The van der Waals surface area contributed by atoms with Crippen LogP contribution in [0.3, 0.4) is 0 Å². The summed E-state index contributed by atoms with van der Waals surface area (Å²) in [5, 5.41) is 6.38. The first-order valence-electron chi connectivity index (χ1n) is 17.1. The van der Waals surface area contributed by atoms with Crippen molar-refractivity contribution >= 4 is 45.0 Å². The van der Waals surface area contributed by atoms with E-state index in [-0.39, 0.29) is 17.0 Å². The average Bonchev–Trinajstić information content (AvgIpc) is 3.46. The predicted octanol–water partition coefficient (Wildman–Crippen LogP) is 5.90. The van der Waals surface area contributed by atoms with Crippen molar-refractivity contribution in [2.24, 2.45) is 11.8 Å². The Kier molecular flexibility index (Phi) is 11.6. The molecule has 0 spiro atoms. The number of likely N-dealkylation sites (tertiary alicyclic amines) is 3. The van der Waals surface area contributed by atoms with E-state index in [2.05, 4.69) is 30.4 Å². The third-order valence-corrected chi connectivity index (χ3v) is 11.9. The van der Waals surface area contributed by atoms with Gasteiger partial charge in [0.1, 0.15) is 10.6 Å². The largest absolute Gasteiger partial charge is 0.444 e. The number of anilines is 3. The Morgan fingerprint density at radius 2 is 1.60 bits per heavy atom. The fraction of sp³-hybridized carbons (Fsp3) is 0.676. The molecule has 1 aromatic heterocycles. The van der Waals surface area contributed by atoms with Gasteiger partial charge in [0, 0.05) is 45.3 Å². The van der Waals surface area contributed by atoms with E-state index in [1.54, 1.807) is 44.3 Å². The Morgan fingerprint density at radius 1 is 0.979 bits per heavy atom. The molecule has 47 heavy (non-hydrogen) atoms. The van der Waals surface area contributed by atoms with Crippen molar-refractivity contribution in [2.75, 3.05) is 63.0 Å². The number of ether oxygens (including phenoxy) is 1. The number of carbonyl (C=O) groups is 1. The molecule has 0 saturated carbocycles. The normalized spacial score (nSPS) is 20.9. The highest BCUT2D eigenvalue weighted by atomic mass is 35.5. The number of nitrogens with one attached hydrogen (secondary N) is 2. The molecule has 3 aliphatic heterocycles. The third-order valence-electron chi connectivity index (χ3n) is 9.42. The zero-order valence-electron chi connectivity index (χ0n) is 28.5. The lowest BCUT2D eigenvalue weighted by atomic mass is 9.92. The van der Waals surface area contributed by atoms with E-state index in [1.165, 1.54) is 12.8 Å². The van der Waals surface area contributed by atoms with Gasteiger partial charge in [-0.2, -0.15) is 4.98 Å². The van der Waals surface area contributed by atoms with Gasteiger partial charge in [-0.1, -0.05) is 23.7 Å². The van der Waals surface area contributed by atoms with Crippen molar-refractivity contribution in [1.29, 1.82) is 0 Å². The summed E-state index contributed by atoms with van der Waals surface area (Å²) in [6, 6.07) is 7.04. The number of piperidine rings is 2. The molecule has 2 N–H and O–H groups in total. The molecule has 13 heteroatoms. The summed E-state index contributed by atoms with van der Waals surface area (Å²) in [5.41, 5.74) is -0.0105. The average molecular weight is 690 g/mol. The Labute approximate surface area is 285 Å². The SMILES string of the molecule is CC(C)S(=O)(=O)c1ccccc1Nc1nc(N[C@@H]2CCN(CC3CCN(CC4CCN(C(=O)OC(C)(C)C)CC4)CC3)C2)ncc1Cl. The molecule has 0 bridgehead atoms. The van der Waals surface area contributed by atoms with Crippen LogP contribution >= 0.6 is 11.6 Å². The summed E-state index contributed by atoms with van der Waals surface area (Å²) < 4.78 is 31.4. The molecular formula is C34H52ClN7O4S. The van der Waals surface area contributed by atoms with Gasteiger partial charge in [-0.25, -0.2) is 18.2 Å². The molecule has 260 valence electrons. The van der Waals surface area contributed by atoms with E-state index >= 15 is 0 Å². The van der Waals surface area contributed by atoms with Gasteiger partial charge >= 0.3 is 6.09 Å². The lowest BCUT2D eigenvalue weighted by molar-refractivity contribution is 0.0162. The van der Waals surface area contributed by atoms with Crippen LogP contribution in [0.2, 0.25) is 5.02 Å². The molecule has 3 aliphatic rings. The number of halogens is 1. The van der Waals surface area contributed by atoms with E-state index in [0.717, 1.165) is 71.6 Å². The summed E-state index contributed by atoms with van der Waals surface area (Å²) in [5.74, 6) is 2.18. The van der Waals surface area contributed by atoms with E-state index in [1.807, 2.05) is 25.7 Å². The molecule has 1 aromatic carbocycles. The topological polar surface area (TPSA) is 120 Å². The fourth-order valence-electron chi connectivity index (χ4n) is 6.73. The van der Waals surface area contributed by atoms with E-state index in [0.29, 0.717) is 34.3 Å². The zero-order valence-corrected chi connectivity index (χ0v) is 30.1. The number of sulfone groups is 1. The van der Waals surface area contributed by atoms with Gasteiger partial charge in [-0.3, -0.25) is 0 Å². The maximum atomic E-state index is 12.9. The minimum Gasteiger partial charge on any atom is -0.444 e. The second kappa shape index (κ2) is 15.3. The van der Waals surface area contributed by atoms with E-state index < -0.39 is 20.7 Å². The molecule has 3 fully saturated rings. The highest BCUT2D eigenvalue weighted by Crippen LogP contribution is 2.31. The number of benzene rings is 1. The molecule has 5 rings (SSSR count). The van der Waals surface area contributed by atoms with Crippen molar-refractivity contribution in [3.63, 3.8) is 0 Å². The summed E-state index contributed by atoms with van der Waals surface area (Å²) in [4.78, 5) is 28.7. The standard InChI is InChI=1S/C34H52ClN7O4S/c1-24(2)47(44,45)30-9-7-6-8-29(30)38-31-28(35)20-36-32(39-31)37-27-14-17-41(23-27)22-25-10-15-40(16-11-25)21-26-12-18-42(19-13-26)33(43)46-34(3,4)5/h6-9,20,24-27H,10-19,21-23H2,1-5H3,(H2,36,37,38,39)/t27-/m1/s1. The smallest absolute Gasteiger partial charge is 0.410 e. The number of amides is 1. The van der Waals surface area contributed by atoms with Crippen molar-refractivity contribution < 1.29 is 17.9 Å². The number of para-hydroxylation sites is 1. The van der Waals surface area contributed by atoms with Crippen LogP contribution in [0.15, 0.2) is 35.4 Å². The maximum Gasteiger partial charge on any atom is 0.410 e. The molecule has 0 aliphatic carbocycles. The molecule has 11 nitrogen and oxygen atoms in total. The van der Waals surface area contributed by atoms with Gasteiger partial charge in [-0.15, -0.1) is 0 Å². The Balaban J connectivity index is 1.05. The zero-order chi connectivity index (χ0) is 33.8. The number of nitrogens with zero attached hydrogens (tertiary/aromatic N) is 5. The van der Waals surface area contributed by atoms with Crippen LogP contribution in [0, 0.1) is 11.8 Å². The highest BCUT2D eigenvalue weighted by Gasteiger charge is 2.31. The molecule has 4 heterocycles. The van der Waals surface area contributed by atoms with Gasteiger partial charge < -0.3 is 30.1 Å². The van der Waals surface area contributed by atoms with Gasteiger partial charge in [0.2, 0.25) is 5.95 Å². The molecule has 1 atom stereocenters. The molecule has 3 saturated heterocycles. The fourth-order valence-corrected chi connectivity index (χ4v) is 8.07. The summed E-state index contributed by atoms with van der Waals surface area (Å²) >= 11 is 6.43. The van der Waals surface area contributed by atoms with Crippen molar-refractivity contribution in [3.8, 4) is 0 Å². The summed E-state index contributed by atoms with van der Waals surface area (Å²) in [7, 11) is -3.50. The summed E-state index contributed by atoms with van der Waals surface area (Å²) in [6.45, 7) is 17.1. The minimum absolute atomic E-state index is 0.184. The van der Waals surface area contributed by atoms with Gasteiger partial charge in [0.15, 0.2) is 15.7 Å². The molecule has 0 unspecified atom stereocenters. The first-order chi connectivity index (χ1) is 22.3. The molecular weight excluding hydrogens is 638 g/mol.